The molecule has 0 fully saturated rings. The van der Waals surface area contributed by atoms with E-state index in [2.05, 4.69) is 10.3 Å². The van der Waals surface area contributed by atoms with Gasteiger partial charge in [0.2, 0.25) is 5.78 Å². The molecule has 1 heterocycles. The molecule has 0 radical (unpaired) electrons. The van der Waals surface area contributed by atoms with Crippen molar-refractivity contribution < 1.29 is 19.1 Å². The van der Waals surface area contributed by atoms with E-state index in [1.807, 2.05) is 37.3 Å². The number of nitrogens with one attached hydrogen (secondary N) is 2. The lowest BCUT2D eigenvalue weighted by Gasteiger charge is -2.12. The number of amides is 1. The van der Waals surface area contributed by atoms with Gasteiger partial charge in [0.15, 0.2) is 6.10 Å². The number of aromatic amines is 1. The molecule has 0 saturated heterocycles. The second kappa shape index (κ2) is 7.86. The Labute approximate surface area is 156 Å². The number of fused-ring (bicyclic) bond motifs is 1. The van der Waals surface area contributed by atoms with Crippen LogP contribution in [0.2, 0.25) is 0 Å². The number of aryl methyl sites for hydroxylation is 1. The smallest absolute Gasteiger partial charge is 0.326 e. The summed E-state index contributed by atoms with van der Waals surface area (Å²) in [5, 5.41) is 3.28. The molecule has 6 nitrogen and oxygen atoms in total. The third-order valence-electron chi connectivity index (χ3n) is 4.21. The third-order valence-corrected chi connectivity index (χ3v) is 4.21. The number of ether oxygens (including phenoxy) is 1. The number of benzene rings is 2. The van der Waals surface area contributed by atoms with E-state index in [4.69, 9.17) is 4.74 Å². The summed E-state index contributed by atoms with van der Waals surface area (Å²) in [6.07, 6.45) is 0.657. The number of ketones is 1. The van der Waals surface area contributed by atoms with Gasteiger partial charge in [-0.2, -0.15) is 0 Å². The van der Waals surface area contributed by atoms with Crippen molar-refractivity contribution in [2.45, 2.75) is 20.0 Å². The van der Waals surface area contributed by atoms with Crippen molar-refractivity contribution in [3.63, 3.8) is 0 Å². The maximum atomic E-state index is 12.6. The Morgan fingerprint density at radius 3 is 2.67 bits per heavy atom. The Balaban J connectivity index is 1.57. The largest absolute Gasteiger partial charge is 0.453 e. The Morgan fingerprint density at radius 1 is 1.11 bits per heavy atom. The third kappa shape index (κ3) is 4.23. The molecule has 0 aliphatic rings. The van der Waals surface area contributed by atoms with Gasteiger partial charge in [-0.15, -0.1) is 0 Å². The SMILES string of the molecule is Cc1cccc(C(=O)NCC(=O)O[C@H](C)C(=O)c2c[nH]c3ccccc23)c1. The number of hydrogen-bond acceptors (Lipinski definition) is 4. The predicted octanol–water partition coefficient (Wildman–Crippen LogP) is 3.02. The Kier molecular flexibility index (Phi) is 5.35. The number of carbonyl (C=O) groups excluding carboxylic acids is 3. The summed E-state index contributed by atoms with van der Waals surface area (Å²) < 4.78 is 5.18. The molecule has 0 unspecified atom stereocenters. The summed E-state index contributed by atoms with van der Waals surface area (Å²) in [5.41, 5.74) is 2.72. The number of esters is 1. The highest BCUT2D eigenvalue weighted by molar-refractivity contribution is 6.10. The fourth-order valence-corrected chi connectivity index (χ4v) is 2.83. The van der Waals surface area contributed by atoms with E-state index in [0.29, 0.717) is 11.1 Å². The number of hydrogen-bond donors (Lipinski definition) is 2. The molecule has 3 rings (SSSR count). The van der Waals surface area contributed by atoms with Gasteiger partial charge >= 0.3 is 5.97 Å². The molecule has 6 heteroatoms. The Morgan fingerprint density at radius 2 is 1.89 bits per heavy atom. The summed E-state index contributed by atoms with van der Waals surface area (Å²) in [6, 6.07) is 14.4. The fraction of sp³-hybridized carbons (Fsp3) is 0.190. The van der Waals surface area contributed by atoms with Crippen LogP contribution in [0, 0.1) is 6.92 Å². The average Bonchev–Trinajstić information content (AvgIpc) is 3.09. The van der Waals surface area contributed by atoms with Crippen molar-refractivity contribution in [3.05, 3.63) is 71.4 Å². The van der Waals surface area contributed by atoms with E-state index in [0.717, 1.165) is 16.5 Å². The molecule has 0 saturated carbocycles. The molecule has 1 amide bonds. The first-order valence-corrected chi connectivity index (χ1v) is 8.60. The first-order chi connectivity index (χ1) is 13.0. The fourth-order valence-electron chi connectivity index (χ4n) is 2.83. The van der Waals surface area contributed by atoms with Crippen molar-refractivity contribution in [3.8, 4) is 0 Å². The van der Waals surface area contributed by atoms with Gasteiger partial charge < -0.3 is 15.0 Å². The molecule has 0 bridgehead atoms. The van der Waals surface area contributed by atoms with Gasteiger partial charge in [0.25, 0.3) is 5.91 Å². The molecule has 2 N–H and O–H groups in total. The Bertz CT molecular complexity index is 1010. The number of H-pyrrole nitrogens is 1. The summed E-state index contributed by atoms with van der Waals surface area (Å²) in [5.74, 6) is -1.34. The van der Waals surface area contributed by atoms with Gasteiger partial charge in [-0.3, -0.25) is 14.4 Å². The van der Waals surface area contributed by atoms with Crippen LogP contribution in [-0.4, -0.2) is 35.3 Å². The minimum Gasteiger partial charge on any atom is -0.453 e. The summed E-state index contributed by atoms with van der Waals surface area (Å²) in [7, 11) is 0. The topological polar surface area (TPSA) is 88.3 Å². The standard InChI is InChI=1S/C21H20N2O4/c1-13-6-5-7-15(10-13)21(26)23-12-19(24)27-14(2)20(25)17-11-22-18-9-4-3-8-16(17)18/h3-11,14,22H,12H2,1-2H3,(H,23,26)/t14-/m1/s1. The lowest BCUT2D eigenvalue weighted by molar-refractivity contribution is -0.145. The number of para-hydroxylation sites is 1. The van der Waals surface area contributed by atoms with Crippen LogP contribution in [0.1, 0.15) is 33.2 Å². The van der Waals surface area contributed by atoms with Crippen molar-refractivity contribution in [1.29, 1.82) is 0 Å². The first kappa shape index (κ1) is 18.4. The molecule has 1 atom stereocenters. The van der Waals surface area contributed by atoms with Crippen molar-refractivity contribution in [2.75, 3.05) is 6.54 Å². The minimum absolute atomic E-state index is 0.300. The highest BCUT2D eigenvalue weighted by atomic mass is 16.5. The number of rotatable bonds is 6. The lowest BCUT2D eigenvalue weighted by Crippen LogP contribution is -2.34. The highest BCUT2D eigenvalue weighted by Gasteiger charge is 2.22. The molecule has 1 aromatic heterocycles. The minimum atomic E-state index is -0.951. The van der Waals surface area contributed by atoms with Crippen LogP contribution in [0.15, 0.2) is 54.7 Å². The van der Waals surface area contributed by atoms with E-state index in [1.54, 1.807) is 24.4 Å². The molecular formula is C21H20N2O4. The molecule has 3 aromatic rings. The van der Waals surface area contributed by atoms with E-state index in [9.17, 15) is 14.4 Å². The van der Waals surface area contributed by atoms with Crippen LogP contribution in [-0.2, 0) is 9.53 Å². The number of carbonyl (C=O) groups is 3. The monoisotopic (exact) mass is 364 g/mol. The van der Waals surface area contributed by atoms with Crippen molar-refractivity contribution in [1.82, 2.24) is 10.3 Å². The second-order valence-electron chi connectivity index (χ2n) is 6.30. The van der Waals surface area contributed by atoms with Crippen LogP contribution < -0.4 is 5.32 Å². The van der Waals surface area contributed by atoms with Gasteiger partial charge in [-0.1, -0.05) is 35.9 Å². The molecular weight excluding hydrogens is 344 g/mol. The van der Waals surface area contributed by atoms with E-state index < -0.39 is 12.1 Å². The van der Waals surface area contributed by atoms with Gasteiger partial charge in [-0.25, -0.2) is 0 Å². The average molecular weight is 364 g/mol. The lowest BCUT2D eigenvalue weighted by atomic mass is 10.1. The van der Waals surface area contributed by atoms with E-state index in [-0.39, 0.29) is 18.2 Å². The number of aromatic nitrogens is 1. The van der Waals surface area contributed by atoms with Gasteiger partial charge in [0, 0.05) is 28.2 Å². The molecule has 0 spiro atoms. The molecule has 2 aromatic carbocycles. The van der Waals surface area contributed by atoms with Crippen molar-refractivity contribution in [2.24, 2.45) is 0 Å². The molecule has 138 valence electrons. The van der Waals surface area contributed by atoms with Crippen LogP contribution in [0.3, 0.4) is 0 Å². The summed E-state index contributed by atoms with van der Waals surface area (Å²) in [4.78, 5) is 39.7. The molecule has 0 aliphatic heterocycles. The van der Waals surface area contributed by atoms with Gasteiger partial charge in [0.05, 0.1) is 0 Å². The zero-order valence-corrected chi connectivity index (χ0v) is 15.1. The molecule has 0 aliphatic carbocycles. The van der Waals surface area contributed by atoms with Crippen LogP contribution in [0.25, 0.3) is 10.9 Å². The zero-order valence-electron chi connectivity index (χ0n) is 15.1. The van der Waals surface area contributed by atoms with Crippen LogP contribution in [0.5, 0.6) is 0 Å². The van der Waals surface area contributed by atoms with E-state index >= 15 is 0 Å². The van der Waals surface area contributed by atoms with Gasteiger partial charge in [0.1, 0.15) is 6.54 Å². The van der Waals surface area contributed by atoms with E-state index in [1.165, 1.54) is 6.92 Å². The predicted molar refractivity (Wildman–Crippen MR) is 102 cm³/mol. The zero-order chi connectivity index (χ0) is 19.4. The maximum absolute atomic E-state index is 12.6. The maximum Gasteiger partial charge on any atom is 0.326 e. The first-order valence-electron chi connectivity index (χ1n) is 8.60. The highest BCUT2D eigenvalue weighted by Crippen LogP contribution is 2.19. The molecule has 27 heavy (non-hydrogen) atoms. The van der Waals surface area contributed by atoms with Crippen LogP contribution in [0.4, 0.5) is 0 Å². The number of Topliss-reactive ketones (excluding diaryl/α,β-unsaturated/α-hetero) is 1. The summed E-state index contributed by atoms with van der Waals surface area (Å²) >= 11 is 0. The summed E-state index contributed by atoms with van der Waals surface area (Å²) in [6.45, 7) is 3.09. The Hall–Kier alpha value is -3.41. The quantitative estimate of drug-likeness (QED) is 0.520. The van der Waals surface area contributed by atoms with Crippen molar-refractivity contribution >= 4 is 28.6 Å². The van der Waals surface area contributed by atoms with Crippen LogP contribution >= 0.6 is 0 Å². The second-order valence-corrected chi connectivity index (χ2v) is 6.30. The normalized spacial score (nSPS) is 11.8. The van der Waals surface area contributed by atoms with Gasteiger partial charge in [-0.05, 0) is 32.0 Å².